The Labute approximate surface area is 109 Å². The normalized spacial score (nSPS) is 11.3. The molecule has 2 aromatic carbocycles. The van der Waals surface area contributed by atoms with Crippen LogP contribution in [0.1, 0.15) is 11.1 Å². The summed E-state index contributed by atoms with van der Waals surface area (Å²) < 4.78 is 19.5. The van der Waals surface area contributed by atoms with Gasteiger partial charge in [0.05, 0.1) is 5.56 Å². The van der Waals surface area contributed by atoms with Gasteiger partial charge in [-0.2, -0.15) is 0 Å². The van der Waals surface area contributed by atoms with E-state index in [9.17, 15) is 4.39 Å². The van der Waals surface area contributed by atoms with Crippen molar-refractivity contribution in [2.45, 2.75) is 6.61 Å². The van der Waals surface area contributed by atoms with Crippen LogP contribution in [0.5, 0.6) is 5.75 Å². The number of halogens is 1. The topological polar surface area (TPSA) is 67.8 Å². The number of hydrogen-bond acceptors (Lipinski definition) is 3. The highest BCUT2D eigenvalue weighted by Crippen LogP contribution is 2.16. The monoisotopic (exact) mass is 260 g/mol. The predicted molar refractivity (Wildman–Crippen MR) is 69.7 cm³/mol. The maximum absolute atomic E-state index is 14.1. The molecule has 0 aliphatic carbocycles. The Bertz CT molecular complexity index is 585. The molecule has 4 nitrogen and oxygen atoms in total. The average molecular weight is 260 g/mol. The fourth-order valence-corrected chi connectivity index (χ4v) is 1.62. The zero-order valence-electron chi connectivity index (χ0n) is 10.1. The number of amidine groups is 1. The summed E-state index contributed by atoms with van der Waals surface area (Å²) >= 11 is 0. The summed E-state index contributed by atoms with van der Waals surface area (Å²) in [6.45, 7) is 0.0718. The van der Waals surface area contributed by atoms with Gasteiger partial charge in [0.15, 0.2) is 5.84 Å². The zero-order chi connectivity index (χ0) is 13.7. The van der Waals surface area contributed by atoms with Crippen molar-refractivity contribution < 1.29 is 14.3 Å². The van der Waals surface area contributed by atoms with Crippen LogP contribution in [0.3, 0.4) is 0 Å². The third-order valence-electron chi connectivity index (χ3n) is 2.60. The van der Waals surface area contributed by atoms with E-state index in [1.165, 1.54) is 6.07 Å². The molecular weight excluding hydrogens is 247 g/mol. The fourth-order valence-electron chi connectivity index (χ4n) is 1.62. The molecule has 0 bridgehead atoms. The molecule has 0 saturated carbocycles. The van der Waals surface area contributed by atoms with Crippen LogP contribution in [0.25, 0.3) is 0 Å². The summed E-state index contributed by atoms with van der Waals surface area (Å²) in [7, 11) is 0. The molecule has 19 heavy (non-hydrogen) atoms. The standard InChI is InChI=1S/C14H13FN2O2/c15-13-10(5-4-8-12(13)14(16)17-18)9-19-11-6-2-1-3-7-11/h1-8,18H,9H2,(H2,16,17). The van der Waals surface area contributed by atoms with Crippen LogP contribution in [0.4, 0.5) is 4.39 Å². The number of oxime groups is 1. The third kappa shape index (κ3) is 3.01. The molecule has 0 aromatic heterocycles. The lowest BCUT2D eigenvalue weighted by molar-refractivity contribution is 0.299. The summed E-state index contributed by atoms with van der Waals surface area (Å²) in [5, 5.41) is 11.4. The molecular formula is C14H13FN2O2. The first-order chi connectivity index (χ1) is 9.22. The largest absolute Gasteiger partial charge is 0.489 e. The van der Waals surface area contributed by atoms with Gasteiger partial charge < -0.3 is 15.7 Å². The van der Waals surface area contributed by atoms with E-state index in [-0.39, 0.29) is 18.0 Å². The van der Waals surface area contributed by atoms with Crippen molar-refractivity contribution in [3.05, 3.63) is 65.5 Å². The SMILES string of the molecule is N/C(=N/O)c1cccc(COc2ccccc2)c1F. The Kier molecular flexibility index (Phi) is 3.97. The summed E-state index contributed by atoms with van der Waals surface area (Å²) in [6, 6.07) is 13.8. The molecule has 0 aliphatic rings. The second kappa shape index (κ2) is 5.86. The van der Waals surface area contributed by atoms with E-state index in [0.29, 0.717) is 11.3 Å². The van der Waals surface area contributed by atoms with Gasteiger partial charge >= 0.3 is 0 Å². The first kappa shape index (κ1) is 12.9. The molecule has 0 unspecified atom stereocenters. The van der Waals surface area contributed by atoms with Gasteiger partial charge in [-0.3, -0.25) is 0 Å². The second-order valence-corrected chi connectivity index (χ2v) is 3.87. The molecule has 0 amide bonds. The number of benzene rings is 2. The quantitative estimate of drug-likeness (QED) is 0.384. The molecule has 0 saturated heterocycles. The number of ether oxygens (including phenoxy) is 1. The lowest BCUT2D eigenvalue weighted by Crippen LogP contribution is -2.16. The van der Waals surface area contributed by atoms with E-state index in [1.807, 2.05) is 18.2 Å². The maximum atomic E-state index is 14.1. The Morgan fingerprint density at radius 1 is 1.16 bits per heavy atom. The molecule has 0 spiro atoms. The van der Waals surface area contributed by atoms with Crippen LogP contribution in [0, 0.1) is 5.82 Å². The van der Waals surface area contributed by atoms with Crippen molar-refractivity contribution in [2.75, 3.05) is 0 Å². The highest BCUT2D eigenvalue weighted by atomic mass is 19.1. The molecule has 3 N–H and O–H groups in total. The van der Waals surface area contributed by atoms with Crippen molar-refractivity contribution in [1.29, 1.82) is 0 Å². The minimum atomic E-state index is -0.547. The smallest absolute Gasteiger partial charge is 0.173 e. The van der Waals surface area contributed by atoms with Gasteiger partial charge in [0.1, 0.15) is 18.2 Å². The first-order valence-corrected chi connectivity index (χ1v) is 5.65. The van der Waals surface area contributed by atoms with Crippen LogP contribution in [-0.4, -0.2) is 11.0 Å². The summed E-state index contributed by atoms with van der Waals surface area (Å²) in [5.41, 5.74) is 5.78. The molecule has 98 valence electrons. The number of para-hydroxylation sites is 1. The fraction of sp³-hybridized carbons (Fsp3) is 0.0714. The molecule has 5 heteroatoms. The Hall–Kier alpha value is -2.56. The van der Waals surface area contributed by atoms with Gasteiger partial charge in [-0.1, -0.05) is 35.5 Å². The Balaban J connectivity index is 2.17. The van der Waals surface area contributed by atoms with Crippen molar-refractivity contribution in [1.82, 2.24) is 0 Å². The van der Waals surface area contributed by atoms with E-state index in [0.717, 1.165) is 0 Å². The number of nitrogens with zero attached hydrogens (tertiary/aromatic N) is 1. The van der Waals surface area contributed by atoms with E-state index in [2.05, 4.69) is 5.16 Å². The Morgan fingerprint density at radius 2 is 1.89 bits per heavy atom. The molecule has 0 fully saturated rings. The molecule has 0 radical (unpaired) electrons. The summed E-state index contributed by atoms with van der Waals surface area (Å²) in [6.07, 6.45) is 0. The van der Waals surface area contributed by atoms with Crippen LogP contribution in [-0.2, 0) is 6.61 Å². The lowest BCUT2D eigenvalue weighted by Gasteiger charge is -2.09. The second-order valence-electron chi connectivity index (χ2n) is 3.87. The van der Waals surface area contributed by atoms with Crippen molar-refractivity contribution in [3.63, 3.8) is 0 Å². The predicted octanol–water partition coefficient (Wildman–Crippen LogP) is 2.50. The van der Waals surface area contributed by atoms with Gasteiger partial charge in [-0.25, -0.2) is 4.39 Å². The van der Waals surface area contributed by atoms with Crippen LogP contribution >= 0.6 is 0 Å². The first-order valence-electron chi connectivity index (χ1n) is 5.65. The maximum Gasteiger partial charge on any atom is 0.173 e. The van der Waals surface area contributed by atoms with E-state index in [1.54, 1.807) is 24.3 Å². The summed E-state index contributed by atoms with van der Waals surface area (Å²) in [4.78, 5) is 0. The van der Waals surface area contributed by atoms with E-state index in [4.69, 9.17) is 15.7 Å². The highest BCUT2D eigenvalue weighted by Gasteiger charge is 2.11. The number of nitrogens with two attached hydrogens (primary N) is 1. The van der Waals surface area contributed by atoms with E-state index >= 15 is 0 Å². The summed E-state index contributed by atoms with van der Waals surface area (Å²) in [5.74, 6) is -0.163. The third-order valence-corrected chi connectivity index (χ3v) is 2.60. The zero-order valence-corrected chi connectivity index (χ0v) is 10.1. The molecule has 0 aliphatic heterocycles. The van der Waals surface area contributed by atoms with Crippen LogP contribution < -0.4 is 10.5 Å². The van der Waals surface area contributed by atoms with E-state index < -0.39 is 5.82 Å². The van der Waals surface area contributed by atoms with Crippen LogP contribution in [0.2, 0.25) is 0 Å². The molecule has 0 heterocycles. The van der Waals surface area contributed by atoms with Gasteiger partial charge in [-0.15, -0.1) is 0 Å². The lowest BCUT2D eigenvalue weighted by atomic mass is 10.1. The molecule has 0 atom stereocenters. The highest BCUT2D eigenvalue weighted by molar-refractivity contribution is 5.97. The minimum Gasteiger partial charge on any atom is -0.489 e. The van der Waals surface area contributed by atoms with Crippen molar-refractivity contribution >= 4 is 5.84 Å². The van der Waals surface area contributed by atoms with Crippen molar-refractivity contribution in [2.24, 2.45) is 10.9 Å². The average Bonchev–Trinajstić information content (AvgIpc) is 2.46. The number of hydrogen-bond donors (Lipinski definition) is 2. The number of rotatable bonds is 4. The van der Waals surface area contributed by atoms with Gasteiger partial charge in [0.25, 0.3) is 0 Å². The van der Waals surface area contributed by atoms with Gasteiger partial charge in [0, 0.05) is 5.56 Å². The Morgan fingerprint density at radius 3 is 2.58 bits per heavy atom. The molecule has 2 aromatic rings. The molecule has 2 rings (SSSR count). The van der Waals surface area contributed by atoms with Crippen LogP contribution in [0.15, 0.2) is 53.7 Å². The van der Waals surface area contributed by atoms with Gasteiger partial charge in [0.2, 0.25) is 0 Å². The van der Waals surface area contributed by atoms with Gasteiger partial charge in [-0.05, 0) is 18.2 Å². The minimum absolute atomic E-state index is 0.0525. The van der Waals surface area contributed by atoms with Crippen molar-refractivity contribution in [3.8, 4) is 5.75 Å².